The molecule has 2 heterocycles. The molecule has 18 N–H and O–H groups in total. The van der Waals surface area contributed by atoms with Crippen molar-refractivity contribution in [2.75, 3.05) is 26.3 Å². The first-order valence-corrected chi connectivity index (χ1v) is 14.7. The second-order valence-electron chi connectivity index (χ2n) is 12.2. The Morgan fingerprint density at radius 1 is 0.909 bits per heavy atom. The maximum Gasteiger partial charge on any atom is 0.253 e. The SMILES string of the molecule is NC1CC1(O)C(=O)N[C@@H]1C[C@H](N)C(O[C@H]2O[C@H](CNCC(O)CO)[C@@H](O)C[C@H]2N)[C@H](O)[C@H]1O[C@H]1O[C@H](CO)[C@@H](O)[C@H](N)[C@H]1O. The van der Waals surface area contributed by atoms with Gasteiger partial charge in [-0.15, -0.1) is 0 Å². The molecule has 2 saturated carbocycles. The van der Waals surface area contributed by atoms with Crippen LogP contribution in [0.15, 0.2) is 0 Å². The van der Waals surface area contributed by atoms with E-state index in [0.717, 1.165) is 0 Å². The van der Waals surface area contributed by atoms with Gasteiger partial charge in [-0.1, -0.05) is 0 Å². The molecule has 0 radical (unpaired) electrons. The molecule has 1 amide bonds. The molecule has 19 heteroatoms. The Balaban J connectivity index is 1.50. The standard InChI is InChI=1S/C25H48N6O13/c26-9-1-11(31-24(39)25(40)3-15(25)28)21(44-23-18(37)16(29)17(36)14(7-33)42-23)19(38)20(9)43-22-10(27)2-12(35)13(41-22)5-30-4-8(34)6-32/h8-23,30,32-38,40H,1-7,26-29H2,(H,31,39)/t8?,9-,10+,11+,12-,13+,14+,15?,16-,17+,18+,19-,20?,21-,22+,23+,25?/m0/s1. The topological polar surface area (TPSA) is 344 Å². The summed E-state index contributed by atoms with van der Waals surface area (Å²) in [5.41, 5.74) is 22.4. The van der Waals surface area contributed by atoms with Crippen LogP contribution in [0.4, 0.5) is 0 Å². The van der Waals surface area contributed by atoms with Crippen molar-refractivity contribution in [2.45, 2.75) is 123 Å². The molecule has 0 bridgehead atoms. The van der Waals surface area contributed by atoms with Crippen LogP contribution in [0, 0.1) is 0 Å². The highest BCUT2D eigenvalue weighted by molar-refractivity contribution is 5.89. The van der Waals surface area contributed by atoms with E-state index in [2.05, 4.69) is 10.6 Å². The third-order valence-corrected chi connectivity index (χ3v) is 8.77. The zero-order chi connectivity index (χ0) is 32.5. The lowest BCUT2D eigenvalue weighted by Gasteiger charge is -2.48. The van der Waals surface area contributed by atoms with Crippen LogP contribution in [0.3, 0.4) is 0 Å². The number of carbonyl (C=O) groups excluding carboxylic acids is 1. The van der Waals surface area contributed by atoms with Crippen molar-refractivity contribution in [3.63, 3.8) is 0 Å². The van der Waals surface area contributed by atoms with Gasteiger partial charge in [0.1, 0.15) is 36.6 Å². The predicted molar refractivity (Wildman–Crippen MR) is 147 cm³/mol. The van der Waals surface area contributed by atoms with E-state index in [0.29, 0.717) is 0 Å². The van der Waals surface area contributed by atoms with E-state index >= 15 is 0 Å². The van der Waals surface area contributed by atoms with E-state index in [-0.39, 0.29) is 32.4 Å². The van der Waals surface area contributed by atoms with Crippen LogP contribution < -0.4 is 33.6 Å². The van der Waals surface area contributed by atoms with Gasteiger partial charge in [-0.05, 0) is 12.8 Å². The molecule has 0 aromatic rings. The van der Waals surface area contributed by atoms with Gasteiger partial charge in [-0.3, -0.25) is 4.79 Å². The fourth-order valence-electron chi connectivity index (χ4n) is 5.79. The van der Waals surface area contributed by atoms with Gasteiger partial charge in [0.2, 0.25) is 0 Å². The van der Waals surface area contributed by atoms with Gasteiger partial charge in [0.05, 0.1) is 49.7 Å². The zero-order valence-electron chi connectivity index (χ0n) is 24.1. The number of nitrogens with two attached hydrogens (primary N) is 4. The molecule has 4 fully saturated rings. The first-order chi connectivity index (χ1) is 20.7. The smallest absolute Gasteiger partial charge is 0.253 e. The Morgan fingerprint density at radius 2 is 1.55 bits per heavy atom. The lowest BCUT2D eigenvalue weighted by molar-refractivity contribution is -0.316. The number of hydrogen-bond donors (Lipinski definition) is 14. The van der Waals surface area contributed by atoms with Crippen LogP contribution in [0.5, 0.6) is 0 Å². The molecule has 0 aromatic heterocycles. The molecular weight excluding hydrogens is 592 g/mol. The van der Waals surface area contributed by atoms with Gasteiger partial charge in [-0.2, -0.15) is 0 Å². The summed E-state index contributed by atoms with van der Waals surface area (Å²) in [6, 6.07) is -4.94. The number of ether oxygens (including phenoxy) is 4. The number of aliphatic hydroxyl groups is 8. The lowest BCUT2D eigenvalue weighted by Crippen LogP contribution is -2.69. The summed E-state index contributed by atoms with van der Waals surface area (Å²) in [5.74, 6) is -0.818. The summed E-state index contributed by atoms with van der Waals surface area (Å²) in [7, 11) is 0. The Bertz CT molecular complexity index is 958. The Labute approximate surface area is 253 Å². The molecule has 0 spiro atoms. The van der Waals surface area contributed by atoms with Crippen LogP contribution in [0.25, 0.3) is 0 Å². The van der Waals surface area contributed by atoms with Crippen molar-refractivity contribution in [3.8, 4) is 0 Å². The van der Waals surface area contributed by atoms with Crippen molar-refractivity contribution >= 4 is 5.91 Å². The highest BCUT2D eigenvalue weighted by Crippen LogP contribution is 2.36. The minimum Gasteiger partial charge on any atom is -0.394 e. The minimum atomic E-state index is -1.82. The molecule has 256 valence electrons. The number of hydrogen-bond acceptors (Lipinski definition) is 18. The lowest BCUT2D eigenvalue weighted by atomic mass is 9.83. The summed E-state index contributed by atoms with van der Waals surface area (Å²) in [4.78, 5) is 12.9. The summed E-state index contributed by atoms with van der Waals surface area (Å²) in [6.07, 6.45) is -14.1. The fourth-order valence-corrected chi connectivity index (χ4v) is 5.79. The molecule has 4 rings (SSSR count). The highest BCUT2D eigenvalue weighted by Gasteiger charge is 2.59. The normalized spacial score (nSPS) is 48.5. The van der Waals surface area contributed by atoms with Gasteiger partial charge >= 0.3 is 0 Å². The fraction of sp³-hybridized carbons (Fsp3) is 0.960. The van der Waals surface area contributed by atoms with Crippen molar-refractivity contribution in [1.82, 2.24) is 10.6 Å². The third kappa shape index (κ3) is 7.66. The van der Waals surface area contributed by atoms with Crippen molar-refractivity contribution in [3.05, 3.63) is 0 Å². The van der Waals surface area contributed by atoms with E-state index < -0.39 is 122 Å². The number of amides is 1. The maximum absolute atomic E-state index is 12.9. The summed E-state index contributed by atoms with van der Waals surface area (Å²) >= 11 is 0. The third-order valence-electron chi connectivity index (χ3n) is 8.77. The van der Waals surface area contributed by atoms with Crippen LogP contribution >= 0.6 is 0 Å². The van der Waals surface area contributed by atoms with Crippen molar-refractivity contribution in [2.24, 2.45) is 22.9 Å². The van der Waals surface area contributed by atoms with E-state index in [1.165, 1.54) is 0 Å². The molecule has 17 atom stereocenters. The van der Waals surface area contributed by atoms with Crippen molar-refractivity contribution in [1.29, 1.82) is 0 Å². The first-order valence-electron chi connectivity index (χ1n) is 14.7. The molecule has 44 heavy (non-hydrogen) atoms. The number of nitrogens with one attached hydrogen (secondary N) is 2. The molecule has 2 aliphatic heterocycles. The average Bonchev–Trinajstić information content (AvgIpc) is 3.61. The van der Waals surface area contributed by atoms with Crippen LogP contribution in [-0.2, 0) is 23.7 Å². The summed E-state index contributed by atoms with van der Waals surface area (Å²) in [6.45, 7) is -1.01. The van der Waals surface area contributed by atoms with E-state index in [1.807, 2.05) is 0 Å². The van der Waals surface area contributed by atoms with Gasteiger partial charge in [0, 0.05) is 31.6 Å². The van der Waals surface area contributed by atoms with E-state index in [1.54, 1.807) is 0 Å². The van der Waals surface area contributed by atoms with E-state index in [9.17, 15) is 40.5 Å². The number of carbonyl (C=O) groups is 1. The summed E-state index contributed by atoms with van der Waals surface area (Å²) in [5, 5.41) is 87.0. The average molecular weight is 641 g/mol. The molecule has 4 aliphatic rings. The quantitative estimate of drug-likeness (QED) is 0.0941. The largest absolute Gasteiger partial charge is 0.394 e. The van der Waals surface area contributed by atoms with Crippen LogP contribution in [0.1, 0.15) is 19.3 Å². The molecular formula is C25H48N6O13. The molecule has 0 aromatic carbocycles. The van der Waals surface area contributed by atoms with Gasteiger partial charge in [-0.25, -0.2) is 0 Å². The van der Waals surface area contributed by atoms with Crippen molar-refractivity contribution < 1.29 is 64.6 Å². The molecule has 2 saturated heterocycles. The number of aliphatic hydroxyl groups excluding tert-OH is 7. The van der Waals surface area contributed by atoms with E-state index in [4.69, 9.17) is 47.0 Å². The van der Waals surface area contributed by atoms with Gasteiger partial charge in [0.15, 0.2) is 18.2 Å². The minimum absolute atomic E-state index is 0.0184. The molecule has 19 nitrogen and oxygen atoms in total. The van der Waals surface area contributed by atoms with Crippen LogP contribution in [-0.4, -0.2) is 176 Å². The Kier molecular flexibility index (Phi) is 11.9. The second-order valence-corrected chi connectivity index (χ2v) is 12.2. The maximum atomic E-state index is 12.9. The summed E-state index contributed by atoms with van der Waals surface area (Å²) < 4.78 is 23.4. The Morgan fingerprint density at radius 3 is 2.16 bits per heavy atom. The zero-order valence-corrected chi connectivity index (χ0v) is 24.1. The van der Waals surface area contributed by atoms with Gasteiger partial charge in [0.25, 0.3) is 5.91 Å². The molecule has 2 aliphatic carbocycles. The predicted octanol–water partition coefficient (Wildman–Crippen LogP) is -8.69. The first kappa shape index (κ1) is 35.6. The molecule has 4 unspecified atom stereocenters. The van der Waals surface area contributed by atoms with Gasteiger partial charge < -0.3 is 93.4 Å². The highest BCUT2D eigenvalue weighted by atomic mass is 16.7. The number of rotatable bonds is 12. The monoisotopic (exact) mass is 640 g/mol. The van der Waals surface area contributed by atoms with Crippen LogP contribution in [0.2, 0.25) is 0 Å². The second kappa shape index (κ2) is 14.7. The Hall–Kier alpha value is -1.21.